The van der Waals surface area contributed by atoms with Crippen LogP contribution in [-0.4, -0.2) is 31.9 Å². The highest BCUT2D eigenvalue weighted by Gasteiger charge is 2.24. The normalized spacial score (nSPS) is 11.9. The van der Waals surface area contributed by atoms with Crippen LogP contribution in [0.25, 0.3) is 5.69 Å². The lowest BCUT2D eigenvalue weighted by Crippen LogP contribution is -2.30. The number of aliphatic carboxylic acids is 1. The van der Waals surface area contributed by atoms with Crippen LogP contribution in [0.5, 0.6) is 5.88 Å². The highest BCUT2D eigenvalue weighted by molar-refractivity contribution is 6.42. The molecule has 1 atom stereocenters. The van der Waals surface area contributed by atoms with E-state index >= 15 is 0 Å². The monoisotopic (exact) mass is 455 g/mol. The van der Waals surface area contributed by atoms with E-state index in [1.54, 1.807) is 6.07 Å². The number of aromatic hydroxyl groups is 1. The molecule has 1 aromatic heterocycles. The summed E-state index contributed by atoms with van der Waals surface area (Å²) in [5.41, 5.74) is -0.342. The maximum atomic E-state index is 14.0. The molecule has 7 nitrogen and oxygen atoms in total. The standard InChI is InChI=1S/C19H13Cl2F2N3O4/c20-11-3-1-2-10(18(11)21)13(8-17(28)29)24-19(30)14-7-16(27)26(25-14)15-5-4-9(22)6-12(15)23/h1-7,13,27H,8H2,(H,24,30)(H,28,29). The minimum Gasteiger partial charge on any atom is -0.493 e. The van der Waals surface area contributed by atoms with Gasteiger partial charge >= 0.3 is 5.97 Å². The third kappa shape index (κ3) is 4.52. The molecular weight excluding hydrogens is 443 g/mol. The molecule has 0 spiro atoms. The van der Waals surface area contributed by atoms with Crippen LogP contribution in [0.1, 0.15) is 28.5 Å². The summed E-state index contributed by atoms with van der Waals surface area (Å²) in [5, 5.41) is 25.7. The zero-order valence-corrected chi connectivity index (χ0v) is 16.5. The molecule has 0 aliphatic heterocycles. The topological polar surface area (TPSA) is 104 Å². The molecule has 3 aromatic rings. The number of carboxylic acids is 1. The van der Waals surface area contributed by atoms with Crippen LogP contribution in [0.2, 0.25) is 10.0 Å². The number of benzene rings is 2. The SMILES string of the molecule is O=C(O)CC(NC(=O)c1cc(O)n(-c2ccc(F)cc2F)n1)c1cccc(Cl)c1Cl. The predicted molar refractivity (Wildman–Crippen MR) is 104 cm³/mol. The van der Waals surface area contributed by atoms with Crippen molar-refractivity contribution in [3.8, 4) is 11.6 Å². The van der Waals surface area contributed by atoms with Gasteiger partial charge in [-0.3, -0.25) is 9.59 Å². The van der Waals surface area contributed by atoms with E-state index in [2.05, 4.69) is 10.4 Å². The molecule has 0 saturated heterocycles. The summed E-state index contributed by atoms with van der Waals surface area (Å²) < 4.78 is 27.8. The van der Waals surface area contributed by atoms with Gasteiger partial charge in [-0.2, -0.15) is 9.78 Å². The van der Waals surface area contributed by atoms with E-state index in [-0.39, 0.29) is 27.0 Å². The van der Waals surface area contributed by atoms with Gasteiger partial charge in [0.1, 0.15) is 11.5 Å². The van der Waals surface area contributed by atoms with Gasteiger partial charge in [0.05, 0.1) is 22.5 Å². The first-order valence-electron chi connectivity index (χ1n) is 8.38. The van der Waals surface area contributed by atoms with Gasteiger partial charge in [-0.15, -0.1) is 0 Å². The lowest BCUT2D eigenvalue weighted by molar-refractivity contribution is -0.137. The quantitative estimate of drug-likeness (QED) is 0.518. The molecule has 11 heteroatoms. The van der Waals surface area contributed by atoms with Crippen LogP contribution in [0, 0.1) is 11.6 Å². The van der Waals surface area contributed by atoms with Crippen molar-refractivity contribution in [2.75, 3.05) is 0 Å². The maximum absolute atomic E-state index is 14.0. The molecule has 1 amide bonds. The fourth-order valence-corrected chi connectivity index (χ4v) is 3.19. The van der Waals surface area contributed by atoms with Gasteiger partial charge in [-0.1, -0.05) is 35.3 Å². The van der Waals surface area contributed by atoms with Gasteiger partial charge in [0, 0.05) is 12.1 Å². The Bertz CT molecular complexity index is 1140. The van der Waals surface area contributed by atoms with Crippen LogP contribution >= 0.6 is 23.2 Å². The first-order chi connectivity index (χ1) is 14.2. The van der Waals surface area contributed by atoms with Crippen molar-refractivity contribution in [1.29, 1.82) is 0 Å². The molecule has 30 heavy (non-hydrogen) atoms. The number of carboxylic acid groups (broad SMARTS) is 1. The number of amides is 1. The molecular formula is C19H13Cl2F2N3O4. The molecule has 0 saturated carbocycles. The summed E-state index contributed by atoms with van der Waals surface area (Å²) in [5.74, 6) is -4.47. The van der Waals surface area contributed by atoms with Gasteiger partial charge < -0.3 is 15.5 Å². The molecule has 1 heterocycles. The summed E-state index contributed by atoms with van der Waals surface area (Å²) in [4.78, 5) is 23.9. The predicted octanol–water partition coefficient (Wildman–Crippen LogP) is 4.11. The molecule has 0 aliphatic rings. The van der Waals surface area contributed by atoms with Crippen molar-refractivity contribution in [3.05, 3.63) is 75.4 Å². The summed E-state index contributed by atoms with van der Waals surface area (Å²) in [6.45, 7) is 0. The number of nitrogens with one attached hydrogen (secondary N) is 1. The molecule has 0 fully saturated rings. The van der Waals surface area contributed by atoms with Crippen molar-refractivity contribution in [3.63, 3.8) is 0 Å². The minimum absolute atomic E-state index is 0.0764. The van der Waals surface area contributed by atoms with Crippen molar-refractivity contribution in [1.82, 2.24) is 15.1 Å². The van der Waals surface area contributed by atoms with Gasteiger partial charge in [-0.25, -0.2) is 8.78 Å². The minimum atomic E-state index is -1.21. The van der Waals surface area contributed by atoms with E-state index in [1.807, 2.05) is 0 Å². The Morgan fingerprint density at radius 3 is 2.57 bits per heavy atom. The first kappa shape index (κ1) is 21.5. The smallest absolute Gasteiger partial charge is 0.305 e. The summed E-state index contributed by atoms with van der Waals surface area (Å²) in [6.07, 6.45) is -0.509. The number of halogens is 4. The zero-order chi connectivity index (χ0) is 22.0. The number of carbonyl (C=O) groups is 2. The molecule has 0 radical (unpaired) electrons. The fraction of sp³-hybridized carbons (Fsp3) is 0.105. The molecule has 3 N–H and O–H groups in total. The zero-order valence-electron chi connectivity index (χ0n) is 14.9. The second-order valence-electron chi connectivity index (χ2n) is 6.16. The molecule has 156 valence electrons. The van der Waals surface area contributed by atoms with Crippen LogP contribution in [0.15, 0.2) is 42.5 Å². The lowest BCUT2D eigenvalue weighted by Gasteiger charge is -2.18. The van der Waals surface area contributed by atoms with Crippen LogP contribution in [0.3, 0.4) is 0 Å². The Kier molecular flexibility index (Phi) is 6.23. The number of hydrogen-bond acceptors (Lipinski definition) is 4. The van der Waals surface area contributed by atoms with Gasteiger partial charge in [0.25, 0.3) is 5.91 Å². The Labute approximate surface area is 178 Å². The number of nitrogens with zero attached hydrogens (tertiary/aromatic N) is 2. The van der Waals surface area contributed by atoms with E-state index in [0.717, 1.165) is 18.2 Å². The largest absolute Gasteiger partial charge is 0.493 e. The van der Waals surface area contributed by atoms with Crippen molar-refractivity contribution < 1.29 is 28.6 Å². The Morgan fingerprint density at radius 2 is 1.90 bits per heavy atom. The number of hydrogen-bond donors (Lipinski definition) is 3. The summed E-state index contributed by atoms with van der Waals surface area (Å²) >= 11 is 12.1. The second-order valence-corrected chi connectivity index (χ2v) is 6.95. The van der Waals surface area contributed by atoms with Gasteiger partial charge in [0.2, 0.25) is 5.88 Å². The average molecular weight is 456 g/mol. The molecule has 2 aromatic carbocycles. The molecule has 3 rings (SSSR count). The Hall–Kier alpha value is -3.17. The van der Waals surface area contributed by atoms with Gasteiger partial charge in [-0.05, 0) is 23.8 Å². The molecule has 1 unspecified atom stereocenters. The average Bonchev–Trinajstić information content (AvgIpc) is 3.05. The summed E-state index contributed by atoms with van der Waals surface area (Å²) in [6, 6.07) is 7.05. The van der Waals surface area contributed by atoms with E-state index in [4.69, 9.17) is 23.2 Å². The van der Waals surface area contributed by atoms with E-state index < -0.39 is 41.9 Å². The van der Waals surface area contributed by atoms with E-state index in [9.17, 15) is 28.6 Å². The molecule has 0 bridgehead atoms. The third-order valence-electron chi connectivity index (χ3n) is 4.10. The third-order valence-corrected chi connectivity index (χ3v) is 4.94. The first-order valence-corrected chi connectivity index (χ1v) is 9.14. The van der Waals surface area contributed by atoms with E-state index in [0.29, 0.717) is 10.7 Å². The summed E-state index contributed by atoms with van der Waals surface area (Å²) in [7, 11) is 0. The van der Waals surface area contributed by atoms with E-state index in [1.165, 1.54) is 12.1 Å². The van der Waals surface area contributed by atoms with Crippen molar-refractivity contribution in [2.24, 2.45) is 0 Å². The Balaban J connectivity index is 1.91. The van der Waals surface area contributed by atoms with Crippen LogP contribution in [0.4, 0.5) is 8.78 Å². The number of aromatic nitrogens is 2. The fourth-order valence-electron chi connectivity index (χ4n) is 2.75. The lowest BCUT2D eigenvalue weighted by atomic mass is 10.0. The van der Waals surface area contributed by atoms with Crippen LogP contribution < -0.4 is 5.32 Å². The maximum Gasteiger partial charge on any atom is 0.305 e. The van der Waals surface area contributed by atoms with Crippen molar-refractivity contribution >= 4 is 35.1 Å². The number of rotatable bonds is 6. The van der Waals surface area contributed by atoms with Gasteiger partial charge in [0.15, 0.2) is 11.5 Å². The highest BCUT2D eigenvalue weighted by Crippen LogP contribution is 2.32. The van der Waals surface area contributed by atoms with Crippen LogP contribution in [-0.2, 0) is 4.79 Å². The van der Waals surface area contributed by atoms with Crippen molar-refractivity contribution in [2.45, 2.75) is 12.5 Å². The second kappa shape index (κ2) is 8.68. The Morgan fingerprint density at radius 1 is 1.17 bits per heavy atom. The highest BCUT2D eigenvalue weighted by atomic mass is 35.5. The molecule has 0 aliphatic carbocycles. The number of carbonyl (C=O) groups excluding carboxylic acids is 1.